The van der Waals surface area contributed by atoms with E-state index in [0.29, 0.717) is 6.54 Å². The van der Waals surface area contributed by atoms with Crippen molar-refractivity contribution in [3.8, 4) is 0 Å². The molecular formula is C24H25NO3S. The minimum absolute atomic E-state index is 0.0784. The topological polar surface area (TPSA) is 46.6 Å². The van der Waals surface area contributed by atoms with Gasteiger partial charge >= 0.3 is 0 Å². The van der Waals surface area contributed by atoms with Gasteiger partial charge in [0, 0.05) is 12.6 Å². The molecule has 1 saturated heterocycles. The van der Waals surface area contributed by atoms with Gasteiger partial charge in [0.15, 0.2) is 0 Å². The Bertz CT molecular complexity index is 956. The second kappa shape index (κ2) is 7.75. The average molecular weight is 408 g/mol. The van der Waals surface area contributed by atoms with Crippen LogP contribution in [0, 0.1) is 0 Å². The molecule has 1 heterocycles. The van der Waals surface area contributed by atoms with Crippen molar-refractivity contribution in [1.82, 2.24) is 4.90 Å². The quantitative estimate of drug-likeness (QED) is 0.457. The molecule has 1 aliphatic heterocycles. The first-order valence-electron chi connectivity index (χ1n) is 9.74. The van der Waals surface area contributed by atoms with E-state index in [1.807, 2.05) is 61.5 Å². The molecule has 150 valence electrons. The molecule has 0 aliphatic carbocycles. The largest absolute Gasteiger partial charge is 0.278 e. The first kappa shape index (κ1) is 19.8. The summed E-state index contributed by atoms with van der Waals surface area (Å²) in [5.74, 6) is 0. The van der Waals surface area contributed by atoms with Crippen molar-refractivity contribution >= 4 is 10.1 Å². The van der Waals surface area contributed by atoms with E-state index in [1.54, 1.807) is 0 Å². The minimum atomic E-state index is -3.51. The molecule has 1 fully saturated rings. The molecule has 3 aromatic rings. The first-order chi connectivity index (χ1) is 13.9. The normalized spacial score (nSPS) is 20.2. The van der Waals surface area contributed by atoms with Gasteiger partial charge in [0.25, 0.3) is 10.1 Å². The van der Waals surface area contributed by atoms with E-state index in [2.05, 4.69) is 41.3 Å². The monoisotopic (exact) mass is 407 g/mol. The third-order valence-electron chi connectivity index (χ3n) is 5.71. The number of likely N-dealkylation sites (tertiary alicyclic amines) is 1. The molecule has 0 radical (unpaired) electrons. The van der Waals surface area contributed by atoms with Crippen LogP contribution in [0.5, 0.6) is 0 Å². The number of hydrogen-bond donors (Lipinski definition) is 0. The van der Waals surface area contributed by atoms with Crippen LogP contribution in [-0.2, 0) is 19.8 Å². The molecule has 2 atom stereocenters. The molecule has 4 rings (SSSR count). The molecule has 3 aromatic carbocycles. The predicted octanol–water partition coefficient (Wildman–Crippen LogP) is 4.03. The molecule has 2 unspecified atom stereocenters. The molecule has 0 spiro atoms. The molecule has 0 bridgehead atoms. The van der Waals surface area contributed by atoms with Gasteiger partial charge in [-0.25, -0.2) is 0 Å². The van der Waals surface area contributed by atoms with Crippen LogP contribution < -0.4 is 0 Å². The highest BCUT2D eigenvalue weighted by Gasteiger charge is 2.52. The maximum Gasteiger partial charge on any atom is 0.264 e. The lowest BCUT2D eigenvalue weighted by molar-refractivity contribution is -0.0768. The molecule has 0 N–H and O–H groups in total. The van der Waals surface area contributed by atoms with Crippen LogP contribution >= 0.6 is 0 Å². The van der Waals surface area contributed by atoms with Crippen molar-refractivity contribution in [2.45, 2.75) is 24.6 Å². The Morgan fingerprint density at radius 1 is 0.793 bits per heavy atom. The summed E-state index contributed by atoms with van der Waals surface area (Å²) in [5.41, 5.74) is 2.88. The fourth-order valence-corrected chi connectivity index (χ4v) is 5.06. The Balaban J connectivity index is 1.90. The van der Waals surface area contributed by atoms with E-state index in [1.165, 1.54) is 0 Å². The highest BCUT2D eigenvalue weighted by atomic mass is 32.2. The summed E-state index contributed by atoms with van der Waals surface area (Å²) in [7, 11) is -3.51. The second-order valence-electron chi connectivity index (χ2n) is 7.54. The molecule has 29 heavy (non-hydrogen) atoms. The van der Waals surface area contributed by atoms with Crippen LogP contribution in [-0.4, -0.2) is 38.3 Å². The van der Waals surface area contributed by atoms with Gasteiger partial charge in [-0.1, -0.05) is 91.0 Å². The summed E-state index contributed by atoms with van der Waals surface area (Å²) in [6.07, 6.45) is 0.752. The molecule has 1 aliphatic rings. The van der Waals surface area contributed by atoms with Gasteiger partial charge in [-0.15, -0.1) is 0 Å². The highest BCUT2D eigenvalue weighted by Crippen LogP contribution is 2.47. The summed E-state index contributed by atoms with van der Waals surface area (Å²) >= 11 is 0. The van der Waals surface area contributed by atoms with Crippen LogP contribution in [0.4, 0.5) is 0 Å². The zero-order chi connectivity index (χ0) is 20.5. The fourth-order valence-electron chi connectivity index (χ4n) is 4.39. The highest BCUT2D eigenvalue weighted by molar-refractivity contribution is 7.86. The van der Waals surface area contributed by atoms with Crippen molar-refractivity contribution in [3.05, 3.63) is 108 Å². The third kappa shape index (κ3) is 3.62. The Kier molecular flexibility index (Phi) is 5.30. The lowest BCUT2D eigenvalue weighted by atomic mass is 9.72. The maximum absolute atomic E-state index is 11.7. The SMILES string of the molecule is CC1C(OS(C)(=O)=O)CN1C(c1ccccc1)(c1ccccc1)c1ccccc1. The van der Waals surface area contributed by atoms with Gasteiger partial charge in [-0.05, 0) is 23.6 Å². The van der Waals surface area contributed by atoms with E-state index in [4.69, 9.17) is 4.18 Å². The van der Waals surface area contributed by atoms with Crippen LogP contribution in [0.15, 0.2) is 91.0 Å². The molecule has 5 heteroatoms. The van der Waals surface area contributed by atoms with E-state index < -0.39 is 15.7 Å². The average Bonchev–Trinajstić information content (AvgIpc) is 2.74. The second-order valence-corrected chi connectivity index (χ2v) is 9.14. The Hall–Kier alpha value is -2.47. The smallest absolute Gasteiger partial charge is 0.264 e. The van der Waals surface area contributed by atoms with Gasteiger partial charge in [-0.2, -0.15) is 8.42 Å². The van der Waals surface area contributed by atoms with E-state index in [9.17, 15) is 8.42 Å². The van der Waals surface area contributed by atoms with Crippen LogP contribution in [0.25, 0.3) is 0 Å². The van der Waals surface area contributed by atoms with Crippen LogP contribution in [0.2, 0.25) is 0 Å². The summed E-state index contributed by atoms with van der Waals surface area (Å²) < 4.78 is 28.8. The van der Waals surface area contributed by atoms with E-state index >= 15 is 0 Å². The van der Waals surface area contributed by atoms with Gasteiger partial charge in [0.05, 0.1) is 11.8 Å². The van der Waals surface area contributed by atoms with E-state index in [-0.39, 0.29) is 12.1 Å². The summed E-state index contributed by atoms with van der Waals surface area (Å²) in [5, 5.41) is 0. The maximum atomic E-state index is 11.7. The van der Waals surface area contributed by atoms with Gasteiger partial charge < -0.3 is 0 Å². The molecule has 0 saturated carbocycles. The summed E-state index contributed by atoms with van der Waals surface area (Å²) in [6.45, 7) is 2.55. The molecular weight excluding hydrogens is 382 g/mol. The van der Waals surface area contributed by atoms with Gasteiger partial charge in [-0.3, -0.25) is 9.08 Å². The van der Waals surface area contributed by atoms with Crippen molar-refractivity contribution in [1.29, 1.82) is 0 Å². The molecule has 4 nitrogen and oxygen atoms in total. The number of benzene rings is 3. The molecule has 0 amide bonds. The van der Waals surface area contributed by atoms with Crippen molar-refractivity contribution < 1.29 is 12.6 Å². The zero-order valence-corrected chi connectivity index (χ0v) is 17.4. The molecule has 0 aromatic heterocycles. The van der Waals surface area contributed by atoms with Gasteiger partial charge in [0.2, 0.25) is 0 Å². The van der Waals surface area contributed by atoms with Crippen LogP contribution in [0.3, 0.4) is 0 Å². The van der Waals surface area contributed by atoms with Crippen molar-refractivity contribution in [2.24, 2.45) is 0 Å². The first-order valence-corrected chi connectivity index (χ1v) is 11.6. The zero-order valence-electron chi connectivity index (χ0n) is 16.6. The fraction of sp³-hybridized carbons (Fsp3) is 0.250. The third-order valence-corrected chi connectivity index (χ3v) is 6.31. The van der Waals surface area contributed by atoms with Crippen molar-refractivity contribution in [2.75, 3.05) is 12.8 Å². The number of nitrogens with zero attached hydrogens (tertiary/aromatic N) is 1. The van der Waals surface area contributed by atoms with Crippen LogP contribution in [0.1, 0.15) is 23.6 Å². The van der Waals surface area contributed by atoms with Crippen molar-refractivity contribution in [3.63, 3.8) is 0 Å². The Morgan fingerprint density at radius 3 is 1.48 bits per heavy atom. The Labute approximate surface area is 172 Å². The van der Waals surface area contributed by atoms with Gasteiger partial charge in [0.1, 0.15) is 6.10 Å². The van der Waals surface area contributed by atoms with E-state index in [0.717, 1.165) is 22.9 Å². The minimum Gasteiger partial charge on any atom is -0.278 e. The number of hydrogen-bond acceptors (Lipinski definition) is 4. The summed E-state index contributed by atoms with van der Waals surface area (Å²) in [4.78, 5) is 2.34. The Morgan fingerprint density at radius 2 is 1.17 bits per heavy atom. The summed E-state index contributed by atoms with van der Waals surface area (Å²) in [6, 6.07) is 31.1. The lowest BCUT2D eigenvalue weighted by Gasteiger charge is -2.56. The number of rotatable bonds is 6. The standard InChI is InChI=1S/C24H25NO3S/c1-19-23(28-29(2,26)27)18-25(19)24(20-12-6-3-7-13-20,21-14-8-4-9-15-21)22-16-10-5-11-17-22/h3-17,19,23H,18H2,1-2H3. The predicted molar refractivity (Wildman–Crippen MR) is 115 cm³/mol. The lowest BCUT2D eigenvalue weighted by Crippen LogP contribution is -2.67.